The number of nitrogens with zero attached hydrogens (tertiary/aromatic N) is 1. The van der Waals surface area contributed by atoms with Crippen LogP contribution in [0.2, 0.25) is 0 Å². The number of carbonyl (C=O) groups is 3. The summed E-state index contributed by atoms with van der Waals surface area (Å²) >= 11 is 1.59. The van der Waals surface area contributed by atoms with Crippen molar-refractivity contribution in [3.05, 3.63) is 35.4 Å². The Kier molecular flexibility index (Phi) is 5.96. The predicted molar refractivity (Wildman–Crippen MR) is 112 cm³/mol. The van der Waals surface area contributed by atoms with Crippen LogP contribution >= 0.6 is 11.8 Å². The molecule has 158 valence electrons. The van der Waals surface area contributed by atoms with Gasteiger partial charge in [0.25, 0.3) is 5.91 Å². The zero-order chi connectivity index (χ0) is 21.5. The van der Waals surface area contributed by atoms with Crippen molar-refractivity contribution in [1.29, 1.82) is 0 Å². The molecule has 2 aliphatic heterocycles. The molecule has 3 N–H and O–H groups in total. The first-order valence-electron chi connectivity index (χ1n) is 9.89. The first-order chi connectivity index (χ1) is 13.6. The van der Waals surface area contributed by atoms with Gasteiger partial charge in [-0.1, -0.05) is 32.0 Å². The number of fused-ring (bicyclic) bond motifs is 3. The fourth-order valence-electron chi connectivity index (χ4n) is 3.89. The van der Waals surface area contributed by atoms with Gasteiger partial charge in [-0.15, -0.1) is 11.8 Å². The molecule has 0 aliphatic carbocycles. The van der Waals surface area contributed by atoms with E-state index >= 15 is 0 Å². The SMILES string of the molecule is CC(C)[C@@H](CO)NC(=O)[C@H](C)NC(=O)[C@@H]1N2C(=O)c3ccccc3[C@@H]2SC1(C)C. The van der Waals surface area contributed by atoms with E-state index in [1.54, 1.807) is 29.7 Å². The minimum Gasteiger partial charge on any atom is -0.394 e. The number of nitrogens with one attached hydrogen (secondary N) is 2. The number of thioether (sulfide) groups is 1. The molecule has 1 aromatic carbocycles. The molecule has 0 unspecified atom stereocenters. The molecule has 1 fully saturated rings. The highest BCUT2D eigenvalue weighted by atomic mass is 32.2. The summed E-state index contributed by atoms with van der Waals surface area (Å²) in [6.07, 6.45) is 0. The number of aliphatic hydroxyl groups excluding tert-OH is 1. The summed E-state index contributed by atoms with van der Waals surface area (Å²) in [5.41, 5.74) is 1.56. The second-order valence-electron chi connectivity index (χ2n) is 8.55. The molecule has 3 amide bonds. The maximum absolute atomic E-state index is 13.2. The summed E-state index contributed by atoms with van der Waals surface area (Å²) < 4.78 is -0.500. The molecular weight excluding hydrogens is 390 g/mol. The zero-order valence-electron chi connectivity index (χ0n) is 17.4. The number of aliphatic hydroxyl groups is 1. The molecule has 3 rings (SSSR count). The molecule has 29 heavy (non-hydrogen) atoms. The van der Waals surface area contributed by atoms with Crippen LogP contribution in [0, 0.1) is 5.92 Å². The van der Waals surface area contributed by atoms with Crippen LogP contribution in [0.5, 0.6) is 0 Å². The third-order valence-corrected chi connectivity index (χ3v) is 7.16. The Labute approximate surface area is 175 Å². The summed E-state index contributed by atoms with van der Waals surface area (Å²) in [6, 6.07) is 5.59. The van der Waals surface area contributed by atoms with Crippen LogP contribution in [0.1, 0.15) is 55.9 Å². The number of carbonyl (C=O) groups excluding carboxylic acids is 3. The average Bonchev–Trinajstić information content (AvgIpc) is 3.09. The Hall–Kier alpha value is -2.06. The van der Waals surface area contributed by atoms with Gasteiger partial charge in [0.2, 0.25) is 11.8 Å². The van der Waals surface area contributed by atoms with E-state index in [4.69, 9.17) is 0 Å². The minimum absolute atomic E-state index is 0.0681. The normalized spacial score (nSPS) is 24.1. The van der Waals surface area contributed by atoms with Crippen LogP contribution in [-0.4, -0.2) is 57.2 Å². The van der Waals surface area contributed by atoms with Crippen molar-refractivity contribution in [3.8, 4) is 0 Å². The van der Waals surface area contributed by atoms with E-state index in [9.17, 15) is 19.5 Å². The van der Waals surface area contributed by atoms with Crippen molar-refractivity contribution < 1.29 is 19.5 Å². The first kappa shape index (κ1) is 21.6. The van der Waals surface area contributed by atoms with Gasteiger partial charge in [-0.2, -0.15) is 0 Å². The van der Waals surface area contributed by atoms with Crippen molar-refractivity contribution in [2.24, 2.45) is 5.92 Å². The van der Waals surface area contributed by atoms with Gasteiger partial charge in [0, 0.05) is 10.3 Å². The van der Waals surface area contributed by atoms with Crippen LogP contribution in [0.3, 0.4) is 0 Å². The predicted octanol–water partition coefficient (Wildman–Crippen LogP) is 1.67. The Morgan fingerprint density at radius 2 is 1.86 bits per heavy atom. The number of hydrogen-bond donors (Lipinski definition) is 3. The van der Waals surface area contributed by atoms with E-state index in [1.807, 2.05) is 45.9 Å². The van der Waals surface area contributed by atoms with Crippen LogP contribution in [0.15, 0.2) is 24.3 Å². The highest BCUT2D eigenvalue weighted by molar-refractivity contribution is 8.01. The first-order valence-corrected chi connectivity index (χ1v) is 10.8. The van der Waals surface area contributed by atoms with Gasteiger partial charge < -0.3 is 20.6 Å². The lowest BCUT2D eigenvalue weighted by Gasteiger charge is -2.31. The zero-order valence-corrected chi connectivity index (χ0v) is 18.2. The molecule has 7 nitrogen and oxygen atoms in total. The van der Waals surface area contributed by atoms with Gasteiger partial charge >= 0.3 is 0 Å². The number of benzene rings is 1. The molecule has 8 heteroatoms. The largest absolute Gasteiger partial charge is 0.394 e. The van der Waals surface area contributed by atoms with E-state index < -0.39 is 16.8 Å². The van der Waals surface area contributed by atoms with Crippen LogP contribution < -0.4 is 10.6 Å². The third kappa shape index (κ3) is 3.88. The summed E-state index contributed by atoms with van der Waals surface area (Å²) in [5, 5.41) is 14.7. The third-order valence-electron chi connectivity index (χ3n) is 5.63. The van der Waals surface area contributed by atoms with Gasteiger partial charge in [0.05, 0.1) is 12.6 Å². The molecule has 0 spiro atoms. The van der Waals surface area contributed by atoms with Gasteiger partial charge in [-0.3, -0.25) is 14.4 Å². The second-order valence-corrected chi connectivity index (χ2v) is 10.3. The lowest BCUT2D eigenvalue weighted by atomic mass is 10.00. The lowest BCUT2D eigenvalue weighted by molar-refractivity contribution is -0.132. The van der Waals surface area contributed by atoms with Crippen LogP contribution in [-0.2, 0) is 9.59 Å². The number of rotatable bonds is 6. The van der Waals surface area contributed by atoms with Gasteiger partial charge in [-0.05, 0) is 38.3 Å². The smallest absolute Gasteiger partial charge is 0.256 e. The fourth-order valence-corrected chi connectivity index (χ4v) is 5.48. The van der Waals surface area contributed by atoms with Crippen molar-refractivity contribution in [1.82, 2.24) is 15.5 Å². The minimum atomic E-state index is -0.782. The van der Waals surface area contributed by atoms with E-state index in [0.717, 1.165) is 5.56 Å². The molecule has 4 atom stereocenters. The summed E-state index contributed by atoms with van der Waals surface area (Å²) in [6.45, 7) is 9.13. The maximum atomic E-state index is 13.2. The molecule has 0 saturated carbocycles. The molecule has 0 aromatic heterocycles. The lowest BCUT2D eigenvalue weighted by Crippen LogP contribution is -2.57. The summed E-state index contributed by atoms with van der Waals surface area (Å²) in [7, 11) is 0. The van der Waals surface area contributed by atoms with Crippen LogP contribution in [0.4, 0.5) is 0 Å². The molecule has 0 bridgehead atoms. The van der Waals surface area contributed by atoms with Gasteiger partial charge in [0.15, 0.2) is 0 Å². The Balaban J connectivity index is 1.75. The monoisotopic (exact) mass is 419 g/mol. The molecule has 1 aromatic rings. The Morgan fingerprint density at radius 3 is 2.48 bits per heavy atom. The van der Waals surface area contributed by atoms with Crippen molar-refractivity contribution in [2.75, 3.05) is 6.61 Å². The quantitative estimate of drug-likeness (QED) is 0.652. The fraction of sp³-hybridized carbons (Fsp3) is 0.571. The van der Waals surface area contributed by atoms with E-state index in [1.165, 1.54) is 0 Å². The highest BCUT2D eigenvalue weighted by Gasteiger charge is 2.57. The van der Waals surface area contributed by atoms with E-state index in [-0.39, 0.29) is 41.7 Å². The average molecular weight is 420 g/mol. The summed E-state index contributed by atoms with van der Waals surface area (Å²) in [4.78, 5) is 40.3. The molecular formula is C21H29N3O4S. The van der Waals surface area contributed by atoms with Crippen molar-refractivity contribution >= 4 is 29.5 Å². The Bertz CT molecular complexity index is 826. The molecule has 0 radical (unpaired) electrons. The van der Waals surface area contributed by atoms with E-state index in [2.05, 4.69) is 10.6 Å². The van der Waals surface area contributed by atoms with Gasteiger partial charge in [-0.25, -0.2) is 0 Å². The van der Waals surface area contributed by atoms with Crippen LogP contribution in [0.25, 0.3) is 0 Å². The molecule has 1 saturated heterocycles. The van der Waals surface area contributed by atoms with Crippen molar-refractivity contribution in [3.63, 3.8) is 0 Å². The van der Waals surface area contributed by atoms with Gasteiger partial charge in [0.1, 0.15) is 17.5 Å². The van der Waals surface area contributed by atoms with Crippen molar-refractivity contribution in [2.45, 2.75) is 62.9 Å². The Morgan fingerprint density at radius 1 is 1.21 bits per heavy atom. The standard InChI is InChI=1S/C21H29N3O4S/c1-11(2)15(10-25)23-17(26)12(3)22-18(27)16-21(4,5)29-20-14-9-7-6-8-13(14)19(28)24(16)20/h6-9,11-12,15-16,20,25H,10H2,1-5H3,(H,22,27)(H,23,26)/t12-,15+,16-,20-/m0/s1. The second kappa shape index (κ2) is 7.99. The summed E-state index contributed by atoms with van der Waals surface area (Å²) in [5.74, 6) is -0.791. The van der Waals surface area contributed by atoms with E-state index in [0.29, 0.717) is 5.56 Å². The number of amides is 3. The highest BCUT2D eigenvalue weighted by Crippen LogP contribution is 2.56. The maximum Gasteiger partial charge on any atom is 0.256 e. The molecule has 2 heterocycles. The topological polar surface area (TPSA) is 98.7 Å². The molecule has 2 aliphatic rings. The number of hydrogen-bond acceptors (Lipinski definition) is 5.